The third kappa shape index (κ3) is 5.68. The average Bonchev–Trinajstić information content (AvgIpc) is 3.19. The summed E-state index contributed by atoms with van der Waals surface area (Å²) < 4.78 is 14.1. The Bertz CT molecular complexity index is 1160. The van der Waals surface area contributed by atoms with Crippen LogP contribution in [0.2, 0.25) is 0 Å². The zero-order valence-electron chi connectivity index (χ0n) is 17.1. The maximum absolute atomic E-state index is 13.2. The topological polar surface area (TPSA) is 46.1 Å². The number of hydrogen-bond donors (Lipinski definition) is 0. The molecule has 0 aliphatic carbocycles. The molecule has 4 rings (SSSR count). The maximum atomic E-state index is 13.2. The number of rotatable bonds is 8. The molecule has 0 spiro atoms. The van der Waals surface area contributed by atoms with Gasteiger partial charge in [-0.3, -0.25) is 14.7 Å². The van der Waals surface area contributed by atoms with Crippen LogP contribution in [0.3, 0.4) is 0 Å². The van der Waals surface area contributed by atoms with Gasteiger partial charge in [0.2, 0.25) is 5.91 Å². The Labute approximate surface area is 189 Å². The van der Waals surface area contributed by atoms with E-state index >= 15 is 0 Å². The molecule has 0 N–H and O–H groups in total. The summed E-state index contributed by atoms with van der Waals surface area (Å²) in [6.45, 7) is 2.49. The second kappa shape index (κ2) is 10.0. The predicted molar refractivity (Wildman–Crippen MR) is 126 cm³/mol. The Morgan fingerprint density at radius 2 is 2.00 bits per heavy atom. The molecule has 0 saturated carbocycles. The maximum Gasteiger partial charge on any atom is 0.229 e. The molecule has 0 radical (unpaired) electrons. The standard InChI is InChI=1S/C24H22FN3OS2/c1-17-6-11-21-22(14-17)31-24(27-21)28(16-18-4-2-12-26-15-18)23(29)5-3-13-30-20-9-7-19(25)8-10-20/h2,4,6-12,14-15H,3,5,13,16H2,1H3. The van der Waals surface area contributed by atoms with Crippen LogP contribution in [0.1, 0.15) is 24.0 Å². The van der Waals surface area contributed by atoms with E-state index in [-0.39, 0.29) is 11.7 Å². The summed E-state index contributed by atoms with van der Waals surface area (Å²) in [6.07, 6.45) is 4.66. The number of thioether (sulfide) groups is 1. The van der Waals surface area contributed by atoms with Crippen molar-refractivity contribution in [2.45, 2.75) is 31.2 Å². The number of benzene rings is 2. The van der Waals surface area contributed by atoms with Gasteiger partial charge >= 0.3 is 0 Å². The first-order valence-electron chi connectivity index (χ1n) is 10.0. The van der Waals surface area contributed by atoms with Gasteiger partial charge in [-0.15, -0.1) is 11.8 Å². The van der Waals surface area contributed by atoms with Crippen molar-refractivity contribution >= 4 is 44.4 Å². The second-order valence-corrected chi connectivity index (χ2v) is 9.39. The van der Waals surface area contributed by atoms with Crippen molar-refractivity contribution in [3.8, 4) is 0 Å². The van der Waals surface area contributed by atoms with Crippen molar-refractivity contribution < 1.29 is 9.18 Å². The third-order valence-corrected chi connectivity index (χ3v) is 6.88. The van der Waals surface area contributed by atoms with Crippen LogP contribution < -0.4 is 4.90 Å². The summed E-state index contributed by atoms with van der Waals surface area (Å²) in [6, 6.07) is 16.4. The lowest BCUT2D eigenvalue weighted by atomic mass is 10.2. The van der Waals surface area contributed by atoms with Crippen LogP contribution >= 0.6 is 23.1 Å². The number of nitrogens with zero attached hydrogens (tertiary/aromatic N) is 3. The number of amides is 1. The highest BCUT2D eigenvalue weighted by molar-refractivity contribution is 7.99. The predicted octanol–water partition coefficient (Wildman–Crippen LogP) is 6.24. The fourth-order valence-corrected chi connectivity index (χ4v) is 5.08. The van der Waals surface area contributed by atoms with Gasteiger partial charge in [0.25, 0.3) is 0 Å². The number of thiazole rings is 1. The third-order valence-electron chi connectivity index (χ3n) is 4.75. The fraction of sp³-hybridized carbons (Fsp3) is 0.208. The van der Waals surface area contributed by atoms with Gasteiger partial charge in [-0.25, -0.2) is 9.37 Å². The molecule has 4 nitrogen and oxygen atoms in total. The quantitative estimate of drug-likeness (QED) is 0.235. The molecule has 0 saturated heterocycles. The van der Waals surface area contributed by atoms with E-state index in [0.29, 0.717) is 18.1 Å². The Balaban J connectivity index is 1.46. The lowest BCUT2D eigenvalue weighted by molar-refractivity contribution is -0.118. The molecule has 0 fully saturated rings. The molecule has 158 valence electrons. The molecular weight excluding hydrogens is 429 g/mol. The Kier molecular flexibility index (Phi) is 6.94. The fourth-order valence-electron chi connectivity index (χ4n) is 3.15. The highest BCUT2D eigenvalue weighted by Gasteiger charge is 2.20. The van der Waals surface area contributed by atoms with Crippen molar-refractivity contribution in [3.63, 3.8) is 0 Å². The van der Waals surface area contributed by atoms with Crippen molar-refractivity contribution in [2.24, 2.45) is 0 Å². The van der Waals surface area contributed by atoms with Gasteiger partial charge in [-0.05, 0) is 72.7 Å². The summed E-state index contributed by atoms with van der Waals surface area (Å²) in [5.41, 5.74) is 3.04. The van der Waals surface area contributed by atoms with E-state index in [1.54, 1.807) is 41.2 Å². The molecule has 0 bridgehead atoms. The van der Waals surface area contributed by atoms with Gasteiger partial charge in [-0.1, -0.05) is 23.5 Å². The summed E-state index contributed by atoms with van der Waals surface area (Å²) in [4.78, 5) is 24.8. The lowest BCUT2D eigenvalue weighted by Crippen LogP contribution is -2.30. The average molecular weight is 452 g/mol. The lowest BCUT2D eigenvalue weighted by Gasteiger charge is -2.20. The van der Waals surface area contributed by atoms with Crippen LogP contribution in [0.15, 0.2) is 71.9 Å². The van der Waals surface area contributed by atoms with Gasteiger partial charge in [0.1, 0.15) is 5.82 Å². The van der Waals surface area contributed by atoms with Gasteiger partial charge in [0, 0.05) is 23.7 Å². The second-order valence-electron chi connectivity index (χ2n) is 7.21. The summed E-state index contributed by atoms with van der Waals surface area (Å²) in [7, 11) is 0. The molecule has 4 aromatic rings. The first kappa shape index (κ1) is 21.5. The van der Waals surface area contributed by atoms with Crippen LogP contribution in [-0.2, 0) is 11.3 Å². The van der Waals surface area contributed by atoms with Gasteiger partial charge < -0.3 is 0 Å². The molecule has 7 heteroatoms. The van der Waals surface area contributed by atoms with Crippen molar-refractivity contribution in [1.82, 2.24) is 9.97 Å². The van der Waals surface area contributed by atoms with Crippen molar-refractivity contribution in [3.05, 3.63) is 83.9 Å². The molecule has 0 aliphatic heterocycles. The van der Waals surface area contributed by atoms with Crippen molar-refractivity contribution in [1.29, 1.82) is 0 Å². The largest absolute Gasteiger partial charge is 0.284 e. The van der Waals surface area contributed by atoms with E-state index in [0.717, 1.165) is 32.8 Å². The number of hydrogen-bond acceptors (Lipinski definition) is 5. The molecule has 0 aliphatic rings. The number of anilines is 1. The smallest absolute Gasteiger partial charge is 0.229 e. The zero-order valence-corrected chi connectivity index (χ0v) is 18.8. The Morgan fingerprint density at radius 1 is 1.16 bits per heavy atom. The van der Waals surface area contributed by atoms with E-state index < -0.39 is 0 Å². The number of carbonyl (C=O) groups is 1. The molecule has 2 heterocycles. The molecule has 0 atom stereocenters. The van der Waals surface area contributed by atoms with E-state index in [9.17, 15) is 9.18 Å². The van der Waals surface area contributed by atoms with E-state index in [1.165, 1.54) is 29.0 Å². The normalized spacial score (nSPS) is 11.0. The molecule has 2 aromatic carbocycles. The number of pyridine rings is 1. The zero-order chi connectivity index (χ0) is 21.6. The van der Waals surface area contributed by atoms with Crippen LogP contribution in [0, 0.1) is 12.7 Å². The number of aryl methyl sites for hydroxylation is 1. The number of halogens is 1. The first-order chi connectivity index (χ1) is 15.1. The number of carbonyl (C=O) groups excluding carboxylic acids is 1. The molecule has 2 aromatic heterocycles. The number of aromatic nitrogens is 2. The summed E-state index contributed by atoms with van der Waals surface area (Å²) in [5, 5.41) is 0.709. The molecule has 1 amide bonds. The van der Waals surface area contributed by atoms with Crippen LogP contribution in [0.4, 0.5) is 9.52 Å². The van der Waals surface area contributed by atoms with Gasteiger partial charge in [0.05, 0.1) is 16.8 Å². The van der Waals surface area contributed by atoms with Crippen LogP contribution in [0.25, 0.3) is 10.2 Å². The van der Waals surface area contributed by atoms with E-state index in [2.05, 4.69) is 18.0 Å². The van der Waals surface area contributed by atoms with Crippen LogP contribution in [0.5, 0.6) is 0 Å². The molecule has 31 heavy (non-hydrogen) atoms. The van der Waals surface area contributed by atoms with E-state index in [1.807, 2.05) is 24.3 Å². The minimum atomic E-state index is -0.239. The summed E-state index contributed by atoms with van der Waals surface area (Å²) >= 11 is 3.16. The molecular formula is C24H22FN3OS2. The summed E-state index contributed by atoms with van der Waals surface area (Å²) in [5.74, 6) is 0.591. The van der Waals surface area contributed by atoms with Gasteiger partial charge in [-0.2, -0.15) is 0 Å². The number of fused-ring (bicyclic) bond motifs is 1. The minimum absolute atomic E-state index is 0.0411. The Hall–Kier alpha value is -2.77. The minimum Gasteiger partial charge on any atom is -0.284 e. The highest BCUT2D eigenvalue weighted by atomic mass is 32.2. The van der Waals surface area contributed by atoms with Crippen LogP contribution in [-0.4, -0.2) is 21.6 Å². The SMILES string of the molecule is Cc1ccc2nc(N(Cc3cccnc3)C(=O)CCCSc3ccc(F)cc3)sc2c1. The van der Waals surface area contributed by atoms with Gasteiger partial charge in [0.15, 0.2) is 5.13 Å². The Morgan fingerprint density at radius 3 is 2.77 bits per heavy atom. The molecule has 0 unspecified atom stereocenters. The monoisotopic (exact) mass is 451 g/mol. The highest BCUT2D eigenvalue weighted by Crippen LogP contribution is 2.31. The van der Waals surface area contributed by atoms with E-state index in [4.69, 9.17) is 4.98 Å². The van der Waals surface area contributed by atoms with Crippen molar-refractivity contribution in [2.75, 3.05) is 10.7 Å². The first-order valence-corrected chi connectivity index (χ1v) is 11.8.